The Bertz CT molecular complexity index is 295. The SMILES string of the molecule is COC(=O)/C=C(\Br)CS(N)(=O)=O. The van der Waals surface area contributed by atoms with E-state index in [0.717, 1.165) is 6.08 Å². The van der Waals surface area contributed by atoms with E-state index in [9.17, 15) is 13.2 Å². The topological polar surface area (TPSA) is 86.5 Å². The first-order valence-corrected chi connectivity index (χ1v) is 5.30. The minimum absolute atomic E-state index is 0.164. The van der Waals surface area contributed by atoms with Crippen molar-refractivity contribution in [2.45, 2.75) is 0 Å². The number of halogens is 1. The molecular formula is C5H8BrNO4S. The molecule has 0 rings (SSSR count). The zero-order valence-corrected chi connectivity index (χ0v) is 8.68. The summed E-state index contributed by atoms with van der Waals surface area (Å²) in [5.41, 5.74) is 0. The van der Waals surface area contributed by atoms with Gasteiger partial charge in [-0.05, 0) is 0 Å². The Morgan fingerprint density at radius 1 is 1.67 bits per heavy atom. The standard InChI is InChI=1S/C5H8BrNO4S/c1-11-5(8)2-4(6)3-12(7,9)10/h2H,3H2,1H3,(H2,7,9,10)/b4-2-. The summed E-state index contributed by atoms with van der Waals surface area (Å²) in [6.45, 7) is 0. The fourth-order valence-electron chi connectivity index (χ4n) is 0.421. The molecule has 2 N–H and O–H groups in total. The Hall–Kier alpha value is -0.400. The van der Waals surface area contributed by atoms with E-state index in [1.807, 2.05) is 0 Å². The second kappa shape index (κ2) is 4.58. The van der Waals surface area contributed by atoms with E-state index in [2.05, 4.69) is 20.7 Å². The third-order valence-corrected chi connectivity index (χ3v) is 2.41. The van der Waals surface area contributed by atoms with Crippen LogP contribution in [0.5, 0.6) is 0 Å². The van der Waals surface area contributed by atoms with Crippen molar-refractivity contribution in [3.8, 4) is 0 Å². The first-order valence-electron chi connectivity index (χ1n) is 2.79. The number of hydrogen-bond donors (Lipinski definition) is 1. The minimum Gasteiger partial charge on any atom is -0.466 e. The van der Waals surface area contributed by atoms with Crippen molar-refractivity contribution in [2.75, 3.05) is 12.9 Å². The Kier molecular flexibility index (Phi) is 4.43. The lowest BCUT2D eigenvalue weighted by molar-refractivity contribution is -0.134. The highest BCUT2D eigenvalue weighted by molar-refractivity contribution is 9.11. The van der Waals surface area contributed by atoms with Gasteiger partial charge in [-0.1, -0.05) is 15.9 Å². The number of primary sulfonamides is 1. The largest absolute Gasteiger partial charge is 0.466 e. The molecule has 0 aromatic carbocycles. The Morgan fingerprint density at radius 3 is 2.50 bits per heavy atom. The van der Waals surface area contributed by atoms with Gasteiger partial charge in [-0.3, -0.25) is 0 Å². The minimum atomic E-state index is -3.60. The number of methoxy groups -OCH3 is 1. The van der Waals surface area contributed by atoms with Gasteiger partial charge >= 0.3 is 5.97 Å². The lowest BCUT2D eigenvalue weighted by Crippen LogP contribution is -2.16. The van der Waals surface area contributed by atoms with Crippen molar-refractivity contribution in [3.63, 3.8) is 0 Å². The van der Waals surface area contributed by atoms with Crippen molar-refractivity contribution < 1.29 is 17.9 Å². The summed E-state index contributed by atoms with van der Waals surface area (Å²) in [5, 5.41) is 4.70. The molecule has 0 aromatic heterocycles. The van der Waals surface area contributed by atoms with Gasteiger partial charge in [0.15, 0.2) is 0 Å². The maximum absolute atomic E-state index is 10.5. The summed E-state index contributed by atoms with van der Waals surface area (Å²) in [4.78, 5) is 10.5. The molecule has 5 nitrogen and oxygen atoms in total. The molecule has 0 bridgehead atoms. The van der Waals surface area contributed by atoms with Crippen molar-refractivity contribution >= 4 is 31.9 Å². The normalized spacial score (nSPS) is 12.8. The smallest absolute Gasteiger partial charge is 0.331 e. The average Bonchev–Trinajstić information content (AvgIpc) is 1.82. The van der Waals surface area contributed by atoms with Gasteiger partial charge in [0.2, 0.25) is 10.0 Å². The van der Waals surface area contributed by atoms with E-state index < -0.39 is 21.7 Å². The van der Waals surface area contributed by atoms with Crippen LogP contribution in [0.1, 0.15) is 0 Å². The predicted molar refractivity (Wildman–Crippen MR) is 47.0 cm³/mol. The molecule has 0 saturated heterocycles. The van der Waals surface area contributed by atoms with Crippen molar-refractivity contribution in [2.24, 2.45) is 5.14 Å². The van der Waals surface area contributed by atoms with E-state index in [0.29, 0.717) is 0 Å². The van der Waals surface area contributed by atoms with Gasteiger partial charge in [-0.2, -0.15) is 0 Å². The Balaban J connectivity index is 4.32. The predicted octanol–water partition coefficient (Wildman–Crippen LogP) is -0.273. The molecule has 0 unspecified atom stereocenters. The van der Waals surface area contributed by atoms with E-state index in [4.69, 9.17) is 5.14 Å². The molecule has 0 radical (unpaired) electrons. The fourth-order valence-corrected chi connectivity index (χ4v) is 2.03. The third-order valence-electron chi connectivity index (χ3n) is 0.815. The van der Waals surface area contributed by atoms with Gasteiger partial charge < -0.3 is 4.74 Å². The van der Waals surface area contributed by atoms with Crippen LogP contribution in [-0.2, 0) is 19.6 Å². The van der Waals surface area contributed by atoms with Crippen LogP contribution in [0.2, 0.25) is 0 Å². The lowest BCUT2D eigenvalue weighted by Gasteiger charge is -1.95. The Morgan fingerprint density at radius 2 is 2.17 bits per heavy atom. The Labute approximate surface area is 78.8 Å². The number of ether oxygens (including phenoxy) is 1. The zero-order chi connectivity index (χ0) is 9.78. The second-order valence-corrected chi connectivity index (χ2v) is 4.55. The van der Waals surface area contributed by atoms with Crippen molar-refractivity contribution in [1.82, 2.24) is 0 Å². The molecule has 70 valence electrons. The third kappa shape index (κ3) is 6.32. The summed E-state index contributed by atoms with van der Waals surface area (Å²) in [5.74, 6) is -1.05. The van der Waals surface area contributed by atoms with Crippen LogP contribution in [0.4, 0.5) is 0 Å². The van der Waals surface area contributed by atoms with Crippen LogP contribution in [-0.4, -0.2) is 27.2 Å². The maximum atomic E-state index is 10.5. The number of hydrogen-bond acceptors (Lipinski definition) is 4. The summed E-state index contributed by atoms with van der Waals surface area (Å²) in [6.07, 6.45) is 1.00. The molecule has 0 amide bonds. The monoisotopic (exact) mass is 257 g/mol. The molecule has 0 heterocycles. The van der Waals surface area contributed by atoms with E-state index in [1.165, 1.54) is 7.11 Å². The number of carbonyl (C=O) groups is 1. The summed E-state index contributed by atoms with van der Waals surface area (Å²) >= 11 is 2.86. The van der Waals surface area contributed by atoms with Crippen LogP contribution in [0, 0.1) is 0 Å². The molecule has 0 aliphatic heterocycles. The van der Waals surface area contributed by atoms with Gasteiger partial charge in [0.1, 0.15) is 0 Å². The molecule has 0 aliphatic carbocycles. The molecule has 0 fully saturated rings. The van der Waals surface area contributed by atoms with Gasteiger partial charge in [0, 0.05) is 10.6 Å². The molecule has 0 atom stereocenters. The quantitative estimate of drug-likeness (QED) is 0.557. The summed E-state index contributed by atoms with van der Waals surface area (Å²) < 4.78 is 25.4. The van der Waals surface area contributed by atoms with E-state index in [-0.39, 0.29) is 4.48 Å². The van der Waals surface area contributed by atoms with E-state index in [1.54, 1.807) is 0 Å². The van der Waals surface area contributed by atoms with Gasteiger partial charge in [-0.25, -0.2) is 18.4 Å². The summed E-state index contributed by atoms with van der Waals surface area (Å²) in [7, 11) is -2.41. The maximum Gasteiger partial charge on any atom is 0.331 e. The summed E-state index contributed by atoms with van der Waals surface area (Å²) in [6, 6.07) is 0. The van der Waals surface area contributed by atoms with Crippen LogP contribution in [0.15, 0.2) is 10.6 Å². The molecule has 12 heavy (non-hydrogen) atoms. The average molecular weight is 258 g/mol. The van der Waals surface area contributed by atoms with Gasteiger partial charge in [0.25, 0.3) is 0 Å². The molecule has 0 aliphatic rings. The highest BCUT2D eigenvalue weighted by Gasteiger charge is 2.06. The van der Waals surface area contributed by atoms with E-state index >= 15 is 0 Å². The number of esters is 1. The van der Waals surface area contributed by atoms with Crippen LogP contribution >= 0.6 is 15.9 Å². The highest BCUT2D eigenvalue weighted by Crippen LogP contribution is 2.06. The van der Waals surface area contributed by atoms with Crippen LogP contribution < -0.4 is 5.14 Å². The second-order valence-electron chi connectivity index (χ2n) is 1.92. The highest BCUT2D eigenvalue weighted by atomic mass is 79.9. The van der Waals surface area contributed by atoms with Gasteiger partial charge in [-0.15, -0.1) is 0 Å². The zero-order valence-electron chi connectivity index (χ0n) is 6.28. The number of carbonyl (C=O) groups excluding carboxylic acids is 1. The van der Waals surface area contributed by atoms with Crippen molar-refractivity contribution in [1.29, 1.82) is 0 Å². The lowest BCUT2D eigenvalue weighted by atomic mass is 10.5. The fraction of sp³-hybridized carbons (Fsp3) is 0.400. The molecular weight excluding hydrogens is 250 g/mol. The first-order chi connectivity index (χ1) is 5.35. The molecule has 0 saturated carbocycles. The molecule has 0 spiro atoms. The van der Waals surface area contributed by atoms with Gasteiger partial charge in [0.05, 0.1) is 12.9 Å². The van der Waals surface area contributed by atoms with Crippen molar-refractivity contribution in [3.05, 3.63) is 10.6 Å². The molecule has 7 heteroatoms. The number of sulfonamides is 1. The molecule has 0 aromatic rings. The number of rotatable bonds is 3. The van der Waals surface area contributed by atoms with Crippen LogP contribution in [0.25, 0.3) is 0 Å². The van der Waals surface area contributed by atoms with Crippen LogP contribution in [0.3, 0.4) is 0 Å². The number of nitrogens with two attached hydrogens (primary N) is 1. The first kappa shape index (κ1) is 11.6.